The zero-order valence-electron chi connectivity index (χ0n) is 12.9. The van der Waals surface area contributed by atoms with E-state index in [0.29, 0.717) is 11.5 Å². The summed E-state index contributed by atoms with van der Waals surface area (Å²) < 4.78 is 10.4. The van der Waals surface area contributed by atoms with Crippen LogP contribution in [-0.2, 0) is 4.79 Å². The largest absolute Gasteiger partial charge is 0.493 e. The number of carbonyl (C=O) groups excluding carboxylic acids is 1. The minimum atomic E-state index is -0.316. The van der Waals surface area contributed by atoms with Crippen LogP contribution in [0.1, 0.15) is 31.2 Å². The van der Waals surface area contributed by atoms with Gasteiger partial charge in [0.15, 0.2) is 11.5 Å². The Bertz CT molecular complexity index is 611. The highest BCUT2D eigenvalue weighted by molar-refractivity contribution is 6.01. The maximum atomic E-state index is 12.2. The van der Waals surface area contributed by atoms with Crippen LogP contribution < -0.4 is 14.8 Å². The second-order valence-corrected chi connectivity index (χ2v) is 5.24. The van der Waals surface area contributed by atoms with E-state index in [1.54, 1.807) is 38.5 Å². The van der Waals surface area contributed by atoms with Gasteiger partial charge in [0.1, 0.15) is 11.6 Å². The molecule has 1 saturated carbocycles. The van der Waals surface area contributed by atoms with Crippen molar-refractivity contribution in [3.05, 3.63) is 29.3 Å². The third kappa shape index (κ3) is 3.79. The van der Waals surface area contributed by atoms with Crippen molar-refractivity contribution in [1.29, 1.82) is 5.26 Å². The van der Waals surface area contributed by atoms with Crippen LogP contribution in [-0.4, -0.2) is 26.2 Å². The van der Waals surface area contributed by atoms with Gasteiger partial charge in [-0.15, -0.1) is 0 Å². The van der Waals surface area contributed by atoms with Crippen LogP contribution in [0.15, 0.2) is 23.8 Å². The van der Waals surface area contributed by atoms with Crippen molar-refractivity contribution in [3.63, 3.8) is 0 Å². The minimum absolute atomic E-state index is 0.0964. The van der Waals surface area contributed by atoms with E-state index in [1.165, 1.54) is 0 Å². The van der Waals surface area contributed by atoms with Gasteiger partial charge in [-0.25, -0.2) is 0 Å². The van der Waals surface area contributed by atoms with Gasteiger partial charge in [0.25, 0.3) is 5.91 Å². The van der Waals surface area contributed by atoms with Crippen molar-refractivity contribution in [1.82, 2.24) is 5.32 Å². The van der Waals surface area contributed by atoms with E-state index in [1.807, 2.05) is 6.07 Å². The Kier molecular flexibility index (Phi) is 5.42. The number of carbonyl (C=O) groups is 1. The molecule has 2 rings (SSSR count). The van der Waals surface area contributed by atoms with E-state index in [-0.39, 0.29) is 17.5 Å². The first-order valence-electron chi connectivity index (χ1n) is 7.32. The van der Waals surface area contributed by atoms with E-state index >= 15 is 0 Å². The normalized spacial score (nSPS) is 15.2. The number of nitrogens with zero attached hydrogens (tertiary/aromatic N) is 1. The zero-order chi connectivity index (χ0) is 15.9. The summed E-state index contributed by atoms with van der Waals surface area (Å²) in [5.74, 6) is 0.850. The molecule has 0 spiro atoms. The monoisotopic (exact) mass is 300 g/mol. The fourth-order valence-corrected chi connectivity index (χ4v) is 2.59. The summed E-state index contributed by atoms with van der Waals surface area (Å²) in [5, 5.41) is 12.1. The molecule has 1 aliphatic carbocycles. The Balaban J connectivity index is 2.17. The van der Waals surface area contributed by atoms with E-state index in [0.717, 1.165) is 31.2 Å². The van der Waals surface area contributed by atoms with Crippen molar-refractivity contribution in [3.8, 4) is 17.6 Å². The molecular weight excluding hydrogens is 280 g/mol. The maximum Gasteiger partial charge on any atom is 0.262 e. The molecule has 0 aliphatic heterocycles. The lowest BCUT2D eigenvalue weighted by molar-refractivity contribution is -0.117. The summed E-state index contributed by atoms with van der Waals surface area (Å²) in [6.07, 6.45) is 5.80. The van der Waals surface area contributed by atoms with Crippen molar-refractivity contribution >= 4 is 12.0 Å². The van der Waals surface area contributed by atoms with Crippen LogP contribution in [0, 0.1) is 11.3 Å². The van der Waals surface area contributed by atoms with E-state index in [9.17, 15) is 10.1 Å². The fraction of sp³-hybridized carbons (Fsp3) is 0.412. The number of nitrogens with one attached hydrogen (secondary N) is 1. The molecule has 1 aliphatic rings. The zero-order valence-corrected chi connectivity index (χ0v) is 12.9. The molecule has 5 heteroatoms. The van der Waals surface area contributed by atoms with Crippen LogP contribution in [0.3, 0.4) is 0 Å². The first kappa shape index (κ1) is 15.9. The molecule has 0 heterocycles. The number of nitriles is 1. The molecule has 0 radical (unpaired) electrons. The third-order valence-electron chi connectivity index (χ3n) is 3.77. The van der Waals surface area contributed by atoms with Gasteiger partial charge in [-0.05, 0) is 36.6 Å². The first-order chi connectivity index (χ1) is 10.7. The van der Waals surface area contributed by atoms with Gasteiger partial charge in [-0.2, -0.15) is 5.26 Å². The van der Waals surface area contributed by atoms with Crippen LogP contribution in [0.2, 0.25) is 0 Å². The molecular formula is C17H20N2O3. The van der Waals surface area contributed by atoms with Crippen molar-refractivity contribution < 1.29 is 14.3 Å². The molecule has 22 heavy (non-hydrogen) atoms. The Hall–Kier alpha value is -2.48. The predicted molar refractivity (Wildman–Crippen MR) is 83.5 cm³/mol. The molecule has 1 fully saturated rings. The Morgan fingerprint density at radius 2 is 1.95 bits per heavy atom. The lowest BCUT2D eigenvalue weighted by Gasteiger charge is -2.11. The number of hydrogen-bond acceptors (Lipinski definition) is 4. The number of methoxy groups -OCH3 is 2. The molecule has 116 valence electrons. The molecule has 5 nitrogen and oxygen atoms in total. The molecule has 1 N–H and O–H groups in total. The molecule has 0 unspecified atom stereocenters. The fourth-order valence-electron chi connectivity index (χ4n) is 2.59. The average molecular weight is 300 g/mol. The number of hydrogen-bond donors (Lipinski definition) is 1. The summed E-state index contributed by atoms with van der Waals surface area (Å²) in [5.41, 5.74) is 0.815. The second-order valence-electron chi connectivity index (χ2n) is 5.24. The lowest BCUT2D eigenvalue weighted by atomic mass is 10.1. The van der Waals surface area contributed by atoms with E-state index in [2.05, 4.69) is 5.32 Å². The highest BCUT2D eigenvalue weighted by Crippen LogP contribution is 2.28. The van der Waals surface area contributed by atoms with Gasteiger partial charge in [0.05, 0.1) is 14.2 Å². The van der Waals surface area contributed by atoms with Crippen LogP contribution in [0.4, 0.5) is 0 Å². The topological polar surface area (TPSA) is 71.3 Å². The lowest BCUT2D eigenvalue weighted by Crippen LogP contribution is -2.33. The molecule has 1 aromatic rings. The number of ether oxygens (including phenoxy) is 2. The molecule has 0 atom stereocenters. The highest BCUT2D eigenvalue weighted by Gasteiger charge is 2.19. The standard InChI is InChI=1S/C17H20N2O3/c1-21-15-8-7-12(10-16(15)22-2)9-13(11-18)17(20)19-14-5-3-4-6-14/h7-10,14H,3-6H2,1-2H3,(H,19,20)/b13-9+. The number of benzene rings is 1. The number of amides is 1. The quantitative estimate of drug-likeness (QED) is 0.670. The molecule has 0 bridgehead atoms. The van der Waals surface area contributed by atoms with Crippen LogP contribution in [0.5, 0.6) is 11.5 Å². The van der Waals surface area contributed by atoms with Crippen LogP contribution in [0.25, 0.3) is 6.08 Å². The molecule has 1 amide bonds. The average Bonchev–Trinajstić information content (AvgIpc) is 3.05. The van der Waals surface area contributed by atoms with Crippen molar-refractivity contribution in [2.24, 2.45) is 0 Å². The van der Waals surface area contributed by atoms with Gasteiger partial charge in [-0.3, -0.25) is 4.79 Å². The van der Waals surface area contributed by atoms with Crippen molar-refractivity contribution in [2.45, 2.75) is 31.7 Å². The van der Waals surface area contributed by atoms with Gasteiger partial charge in [-0.1, -0.05) is 18.9 Å². The van der Waals surface area contributed by atoms with Gasteiger partial charge >= 0.3 is 0 Å². The molecule has 0 saturated heterocycles. The van der Waals surface area contributed by atoms with E-state index < -0.39 is 0 Å². The van der Waals surface area contributed by atoms with Gasteiger partial charge in [0, 0.05) is 6.04 Å². The molecule has 1 aromatic carbocycles. The Morgan fingerprint density at radius 1 is 1.27 bits per heavy atom. The smallest absolute Gasteiger partial charge is 0.262 e. The summed E-state index contributed by atoms with van der Waals surface area (Å²) in [4.78, 5) is 12.2. The summed E-state index contributed by atoms with van der Waals surface area (Å²) >= 11 is 0. The van der Waals surface area contributed by atoms with Crippen LogP contribution >= 0.6 is 0 Å². The SMILES string of the molecule is COc1ccc(/C=C(\C#N)C(=O)NC2CCCC2)cc1OC. The summed E-state index contributed by atoms with van der Waals surface area (Å²) in [6.45, 7) is 0. The Morgan fingerprint density at radius 3 is 2.55 bits per heavy atom. The minimum Gasteiger partial charge on any atom is -0.493 e. The third-order valence-corrected chi connectivity index (χ3v) is 3.77. The van der Waals surface area contributed by atoms with Crippen molar-refractivity contribution in [2.75, 3.05) is 14.2 Å². The van der Waals surface area contributed by atoms with Gasteiger partial charge < -0.3 is 14.8 Å². The molecule has 0 aromatic heterocycles. The predicted octanol–water partition coefficient (Wildman–Crippen LogP) is 2.67. The maximum absolute atomic E-state index is 12.2. The Labute approximate surface area is 130 Å². The van der Waals surface area contributed by atoms with E-state index in [4.69, 9.17) is 9.47 Å². The van der Waals surface area contributed by atoms with Gasteiger partial charge in [0.2, 0.25) is 0 Å². The highest BCUT2D eigenvalue weighted by atomic mass is 16.5. The number of rotatable bonds is 5. The first-order valence-corrected chi connectivity index (χ1v) is 7.32. The second kappa shape index (κ2) is 7.51. The summed E-state index contributed by atoms with van der Waals surface area (Å²) in [6, 6.07) is 7.42. The summed E-state index contributed by atoms with van der Waals surface area (Å²) in [7, 11) is 3.10.